The normalized spacial score (nSPS) is 14.0. The molecule has 6 aromatic heterocycles. The number of nitrogens with one attached hydrogen (secondary N) is 2. The molecule has 0 saturated heterocycles. The number of rotatable bonds is 11. The van der Waals surface area contributed by atoms with Crippen LogP contribution in [0.4, 0.5) is 23.3 Å². The number of fused-ring (bicyclic) bond motifs is 4. The van der Waals surface area contributed by atoms with Gasteiger partial charge in [-0.3, -0.25) is 19.7 Å². The molecule has 322 valence electrons. The van der Waals surface area contributed by atoms with Crippen molar-refractivity contribution in [1.82, 2.24) is 49.3 Å². The van der Waals surface area contributed by atoms with E-state index < -0.39 is 0 Å². The number of likely N-dealkylation sites (N-methyl/N-ethyl adjacent to an activating group) is 1. The van der Waals surface area contributed by atoms with Crippen molar-refractivity contribution in [3.05, 3.63) is 130 Å². The number of pyridine rings is 4. The lowest BCUT2D eigenvalue weighted by Gasteiger charge is -2.30. The predicted octanol–water partition coefficient (Wildman–Crippen LogP) is 6.85. The Balaban J connectivity index is 0.991. The Morgan fingerprint density at radius 3 is 2.33 bits per heavy atom. The zero-order chi connectivity index (χ0) is 43.9. The molecule has 2 aromatic carbocycles. The number of anilines is 4. The highest BCUT2D eigenvalue weighted by molar-refractivity contribution is 5.94. The number of aryl methyl sites for hydroxylation is 1. The number of nitrogens with zero attached hydrogens (tertiary/aromatic N) is 10. The lowest BCUT2D eigenvalue weighted by molar-refractivity contribution is 0.243. The molecule has 0 bridgehead atoms. The molecule has 8 heterocycles. The number of aromatic nitrogens is 8. The average Bonchev–Trinajstić information content (AvgIpc) is 3.31. The minimum Gasteiger partial charge on any atom is -0.496 e. The second-order valence-electron chi connectivity index (χ2n) is 16.1. The summed E-state index contributed by atoms with van der Waals surface area (Å²) in [6, 6.07) is 21.3. The SMILES string of the molecule is COc1cc2c(cc1Nc1ncc3ccnc(-c4ccccc4OC)c3n1)CN(Cc1nc(Nc3cc4c(nc3OC)CCN(C)C4)nc3c(-c4ccc(=O)n(C)c4)nccc13)CC2. The van der Waals surface area contributed by atoms with E-state index in [2.05, 4.69) is 50.7 Å². The summed E-state index contributed by atoms with van der Waals surface area (Å²) in [5, 5.41) is 8.64. The van der Waals surface area contributed by atoms with Gasteiger partial charge in [-0.15, -0.1) is 0 Å². The molecule has 16 nitrogen and oxygen atoms in total. The third kappa shape index (κ3) is 7.77. The largest absolute Gasteiger partial charge is 0.496 e. The summed E-state index contributed by atoms with van der Waals surface area (Å²) >= 11 is 0. The highest BCUT2D eigenvalue weighted by atomic mass is 16.5. The Labute approximate surface area is 369 Å². The molecule has 64 heavy (non-hydrogen) atoms. The van der Waals surface area contributed by atoms with Gasteiger partial charge in [0.2, 0.25) is 23.3 Å². The van der Waals surface area contributed by atoms with Crippen LogP contribution in [-0.2, 0) is 39.5 Å². The first-order chi connectivity index (χ1) is 31.2. The third-order valence-electron chi connectivity index (χ3n) is 11.9. The number of hydrogen-bond donors (Lipinski definition) is 2. The summed E-state index contributed by atoms with van der Waals surface area (Å²) in [6.45, 7) is 3.68. The fraction of sp³-hybridized carbons (Fsp3) is 0.250. The van der Waals surface area contributed by atoms with Crippen LogP contribution in [0.1, 0.15) is 28.1 Å². The molecule has 2 aliphatic heterocycles. The molecule has 0 unspecified atom stereocenters. The molecular weight excluding hydrogens is 809 g/mol. The highest BCUT2D eigenvalue weighted by Gasteiger charge is 2.24. The molecule has 0 spiro atoms. The molecule has 0 fully saturated rings. The smallest absolute Gasteiger partial charge is 0.250 e. The van der Waals surface area contributed by atoms with Gasteiger partial charge in [0.25, 0.3) is 0 Å². The van der Waals surface area contributed by atoms with Gasteiger partial charge >= 0.3 is 0 Å². The maximum Gasteiger partial charge on any atom is 0.250 e. The van der Waals surface area contributed by atoms with E-state index in [0.29, 0.717) is 70.5 Å². The first-order valence-electron chi connectivity index (χ1n) is 21.0. The molecule has 0 aliphatic carbocycles. The van der Waals surface area contributed by atoms with Crippen molar-refractivity contribution in [2.24, 2.45) is 7.05 Å². The van der Waals surface area contributed by atoms with Crippen molar-refractivity contribution in [3.8, 4) is 39.9 Å². The molecule has 0 radical (unpaired) electrons. The summed E-state index contributed by atoms with van der Waals surface area (Å²) in [6.07, 6.45) is 8.76. The highest BCUT2D eigenvalue weighted by Crippen LogP contribution is 2.37. The van der Waals surface area contributed by atoms with Crippen LogP contribution in [0.3, 0.4) is 0 Å². The van der Waals surface area contributed by atoms with Crippen molar-refractivity contribution in [2.45, 2.75) is 32.5 Å². The van der Waals surface area contributed by atoms with E-state index >= 15 is 0 Å². The molecule has 2 aliphatic rings. The van der Waals surface area contributed by atoms with Gasteiger partial charge in [-0.2, -0.15) is 0 Å². The number of hydrogen-bond acceptors (Lipinski definition) is 15. The van der Waals surface area contributed by atoms with E-state index in [1.54, 1.807) is 69.9 Å². The summed E-state index contributed by atoms with van der Waals surface area (Å²) < 4.78 is 18.9. The summed E-state index contributed by atoms with van der Waals surface area (Å²) in [5.41, 5.74) is 11.0. The second-order valence-corrected chi connectivity index (χ2v) is 16.1. The van der Waals surface area contributed by atoms with E-state index in [4.69, 9.17) is 44.1 Å². The Morgan fingerprint density at radius 2 is 1.48 bits per heavy atom. The van der Waals surface area contributed by atoms with Crippen LogP contribution in [-0.4, -0.2) is 90.7 Å². The van der Waals surface area contributed by atoms with E-state index in [9.17, 15) is 4.79 Å². The zero-order valence-corrected chi connectivity index (χ0v) is 36.2. The van der Waals surface area contributed by atoms with Crippen molar-refractivity contribution < 1.29 is 14.2 Å². The minimum absolute atomic E-state index is 0.110. The van der Waals surface area contributed by atoms with Crippen LogP contribution in [0.25, 0.3) is 44.3 Å². The van der Waals surface area contributed by atoms with Crippen LogP contribution < -0.4 is 30.4 Å². The fourth-order valence-corrected chi connectivity index (χ4v) is 8.63. The molecule has 16 heteroatoms. The molecule has 0 saturated carbocycles. The zero-order valence-electron chi connectivity index (χ0n) is 36.2. The van der Waals surface area contributed by atoms with E-state index in [-0.39, 0.29) is 5.56 Å². The van der Waals surface area contributed by atoms with Crippen molar-refractivity contribution in [1.29, 1.82) is 0 Å². The maximum absolute atomic E-state index is 12.4. The third-order valence-corrected chi connectivity index (χ3v) is 11.9. The van der Waals surface area contributed by atoms with Crippen LogP contribution in [0.5, 0.6) is 17.4 Å². The maximum atomic E-state index is 12.4. The van der Waals surface area contributed by atoms with Gasteiger partial charge in [0, 0.05) is 98.9 Å². The number of para-hydroxylation sites is 1. The van der Waals surface area contributed by atoms with Crippen LogP contribution in [0, 0.1) is 0 Å². The number of benzene rings is 2. The van der Waals surface area contributed by atoms with E-state index in [0.717, 1.165) is 82.6 Å². The minimum atomic E-state index is -0.110. The van der Waals surface area contributed by atoms with Gasteiger partial charge in [-0.05, 0) is 78.7 Å². The number of ether oxygens (including phenoxy) is 3. The molecule has 2 N–H and O–H groups in total. The fourth-order valence-electron chi connectivity index (χ4n) is 8.63. The Hall–Kier alpha value is -7.56. The van der Waals surface area contributed by atoms with Gasteiger partial charge in [0.15, 0.2) is 0 Å². The molecular formula is C48H46N12O4. The molecule has 10 rings (SSSR count). The van der Waals surface area contributed by atoms with Gasteiger partial charge < -0.3 is 34.3 Å². The Morgan fingerprint density at radius 1 is 0.688 bits per heavy atom. The van der Waals surface area contributed by atoms with Gasteiger partial charge in [0.1, 0.15) is 33.9 Å². The van der Waals surface area contributed by atoms with Crippen molar-refractivity contribution in [2.75, 3.05) is 52.1 Å². The predicted molar refractivity (Wildman–Crippen MR) is 246 cm³/mol. The first kappa shape index (κ1) is 40.5. The van der Waals surface area contributed by atoms with Crippen LogP contribution in [0.2, 0.25) is 0 Å². The Kier molecular flexibility index (Phi) is 10.7. The second kappa shape index (κ2) is 17.0. The standard InChI is InChI=1S/C48H46N12O4/c1-58-18-15-35-32(24-58)21-37(46(52-35)64-5)54-48-55-38(33-13-17-49-42(45(33)57-48)30-10-11-41(61)59(2)25-30)27-60-19-14-28-22-40(63-4)36(20-31(28)26-60)53-47-51-23-29-12-16-50-44(43(29)56-47)34-8-6-7-9-39(34)62-3/h6-13,16-17,20-23,25H,14-15,18-19,24,26-27H2,1-5H3,(H,51,53,56)(H,54,55,57). The van der Waals surface area contributed by atoms with E-state index in [1.807, 2.05) is 36.4 Å². The van der Waals surface area contributed by atoms with Crippen molar-refractivity contribution >= 4 is 45.1 Å². The quantitative estimate of drug-likeness (QED) is 0.138. The average molecular weight is 855 g/mol. The summed E-state index contributed by atoms with van der Waals surface area (Å²) in [7, 11) is 8.78. The van der Waals surface area contributed by atoms with Gasteiger partial charge in [0.05, 0.1) is 44.1 Å². The molecule has 8 aromatic rings. The van der Waals surface area contributed by atoms with Crippen molar-refractivity contribution in [3.63, 3.8) is 0 Å². The van der Waals surface area contributed by atoms with E-state index in [1.165, 1.54) is 5.56 Å². The van der Waals surface area contributed by atoms with Crippen LogP contribution >= 0.6 is 0 Å². The Bertz CT molecular complexity index is 3160. The van der Waals surface area contributed by atoms with Gasteiger partial charge in [-0.25, -0.2) is 24.9 Å². The first-order valence-corrected chi connectivity index (χ1v) is 21.0. The lowest BCUT2D eigenvalue weighted by Crippen LogP contribution is -2.30. The van der Waals surface area contributed by atoms with Crippen LogP contribution in [0.15, 0.2) is 96.3 Å². The molecule has 0 atom stereocenters. The number of methoxy groups -OCH3 is 3. The lowest BCUT2D eigenvalue weighted by atomic mass is 9.98. The van der Waals surface area contributed by atoms with Gasteiger partial charge in [-0.1, -0.05) is 12.1 Å². The topological polar surface area (TPSA) is 170 Å². The molecule has 0 amide bonds. The summed E-state index contributed by atoms with van der Waals surface area (Å²) in [5.74, 6) is 2.69. The summed E-state index contributed by atoms with van der Waals surface area (Å²) in [4.78, 5) is 51.3. The monoisotopic (exact) mass is 854 g/mol.